The molecule has 0 unspecified atom stereocenters. The number of hydrogen-bond donors (Lipinski definition) is 2. The third-order valence-corrected chi connectivity index (χ3v) is 5.81. The Bertz CT molecular complexity index is 547. The number of H-pyrrole nitrogens is 1. The van der Waals surface area contributed by atoms with E-state index in [4.69, 9.17) is 0 Å². The van der Waals surface area contributed by atoms with Gasteiger partial charge in [-0.25, -0.2) is 8.42 Å². The van der Waals surface area contributed by atoms with Crippen molar-refractivity contribution in [2.45, 2.75) is 37.3 Å². The predicted molar refractivity (Wildman–Crippen MR) is 75.6 cm³/mol. The molecule has 0 radical (unpaired) electrons. The molecule has 2 N–H and O–H groups in total. The summed E-state index contributed by atoms with van der Waals surface area (Å²) < 4.78 is 27.4. The van der Waals surface area contributed by atoms with Crippen LogP contribution in [0.15, 0.2) is 11.2 Å². The normalized spacial score (nSPS) is 19.7. The maximum absolute atomic E-state index is 12.8. The number of rotatable bonds is 8. The highest BCUT2D eigenvalue weighted by molar-refractivity contribution is 7.89. The molecule has 7 heteroatoms. The van der Waals surface area contributed by atoms with Crippen LogP contribution in [0.2, 0.25) is 0 Å². The van der Waals surface area contributed by atoms with Crippen molar-refractivity contribution in [3.63, 3.8) is 0 Å². The summed E-state index contributed by atoms with van der Waals surface area (Å²) in [4.78, 5) is 0. The Morgan fingerprint density at radius 1 is 1.30 bits per heavy atom. The first-order valence-electron chi connectivity index (χ1n) is 7.28. The fourth-order valence-electron chi connectivity index (χ4n) is 2.42. The third-order valence-electron chi connectivity index (χ3n) is 3.96. The second-order valence-corrected chi connectivity index (χ2v) is 7.84. The minimum absolute atomic E-state index is 0.258. The molecule has 0 amide bonds. The molecule has 3 rings (SSSR count). The summed E-state index contributed by atoms with van der Waals surface area (Å²) in [6, 6.07) is 0. The van der Waals surface area contributed by atoms with Crippen LogP contribution in [0.4, 0.5) is 0 Å². The van der Waals surface area contributed by atoms with Gasteiger partial charge in [-0.1, -0.05) is 0 Å². The van der Waals surface area contributed by atoms with E-state index in [-0.39, 0.29) is 5.03 Å². The summed E-state index contributed by atoms with van der Waals surface area (Å²) in [6.07, 6.45) is 6.22. The number of aromatic nitrogens is 2. The van der Waals surface area contributed by atoms with E-state index in [1.165, 1.54) is 0 Å². The van der Waals surface area contributed by atoms with E-state index in [9.17, 15) is 8.42 Å². The molecule has 2 aliphatic carbocycles. The fraction of sp³-hybridized carbons (Fsp3) is 0.769. The van der Waals surface area contributed by atoms with E-state index in [1.807, 2.05) is 0 Å². The molecule has 1 aromatic rings. The first-order valence-corrected chi connectivity index (χ1v) is 8.72. The molecule has 2 fully saturated rings. The molecule has 0 bridgehead atoms. The van der Waals surface area contributed by atoms with Crippen molar-refractivity contribution >= 4 is 10.0 Å². The van der Waals surface area contributed by atoms with Gasteiger partial charge in [0.05, 0.1) is 6.20 Å². The van der Waals surface area contributed by atoms with Gasteiger partial charge in [-0.3, -0.25) is 5.10 Å². The van der Waals surface area contributed by atoms with E-state index >= 15 is 0 Å². The Balaban J connectivity index is 1.83. The van der Waals surface area contributed by atoms with Crippen LogP contribution in [-0.4, -0.2) is 43.1 Å². The first kappa shape index (κ1) is 14.0. The fourth-order valence-corrected chi connectivity index (χ4v) is 4.11. The average molecular weight is 298 g/mol. The highest BCUT2D eigenvalue weighted by Crippen LogP contribution is 2.36. The minimum atomic E-state index is -3.45. The average Bonchev–Trinajstić information content (AvgIpc) is 3.32. The van der Waals surface area contributed by atoms with Crippen molar-refractivity contribution in [1.82, 2.24) is 19.8 Å². The van der Waals surface area contributed by atoms with Gasteiger partial charge in [0.1, 0.15) is 0 Å². The molecular formula is C13H22N4O2S. The molecular weight excluding hydrogens is 276 g/mol. The Labute approximate surface area is 120 Å². The highest BCUT2D eigenvalue weighted by Gasteiger charge is 2.37. The molecule has 1 heterocycles. The van der Waals surface area contributed by atoms with E-state index in [2.05, 4.69) is 15.5 Å². The van der Waals surface area contributed by atoms with Crippen molar-refractivity contribution in [2.24, 2.45) is 11.8 Å². The van der Waals surface area contributed by atoms with Crippen LogP contribution in [0.25, 0.3) is 0 Å². The number of nitrogens with one attached hydrogen (secondary N) is 2. The summed E-state index contributed by atoms with van der Waals surface area (Å²) >= 11 is 0. The van der Waals surface area contributed by atoms with Gasteiger partial charge >= 0.3 is 0 Å². The number of aromatic amines is 1. The molecule has 0 aliphatic heterocycles. The minimum Gasteiger partial charge on any atom is -0.316 e. The lowest BCUT2D eigenvalue weighted by Crippen LogP contribution is -2.35. The van der Waals surface area contributed by atoms with Gasteiger partial charge in [0, 0.05) is 25.2 Å². The standard InChI is InChI=1S/C13H22N4O2S/c1-14-6-12-7-15-16-13(12)20(18,19)17(8-10-2-3-10)9-11-4-5-11/h7,10-11,14H,2-6,8-9H2,1H3,(H,15,16). The summed E-state index contributed by atoms with van der Waals surface area (Å²) in [7, 11) is -1.64. The maximum Gasteiger partial charge on any atom is 0.260 e. The lowest BCUT2D eigenvalue weighted by molar-refractivity contribution is 0.380. The van der Waals surface area contributed by atoms with E-state index in [0.29, 0.717) is 37.0 Å². The Morgan fingerprint density at radius 3 is 2.40 bits per heavy atom. The zero-order chi connectivity index (χ0) is 14.2. The van der Waals surface area contributed by atoms with Gasteiger partial charge in [-0.15, -0.1) is 0 Å². The van der Waals surface area contributed by atoms with Crippen molar-refractivity contribution < 1.29 is 8.42 Å². The van der Waals surface area contributed by atoms with Gasteiger partial charge in [0.2, 0.25) is 0 Å². The number of nitrogens with zero attached hydrogens (tertiary/aromatic N) is 2. The lowest BCUT2D eigenvalue weighted by atomic mass is 10.4. The van der Waals surface area contributed by atoms with Crippen molar-refractivity contribution in [2.75, 3.05) is 20.1 Å². The third kappa shape index (κ3) is 3.05. The van der Waals surface area contributed by atoms with E-state index in [1.54, 1.807) is 17.5 Å². The molecule has 6 nitrogen and oxygen atoms in total. The van der Waals surface area contributed by atoms with Gasteiger partial charge < -0.3 is 5.32 Å². The molecule has 0 atom stereocenters. The summed E-state index contributed by atoms with van der Waals surface area (Å²) in [5.41, 5.74) is 0.712. The van der Waals surface area contributed by atoms with Crippen molar-refractivity contribution in [1.29, 1.82) is 0 Å². The quantitative estimate of drug-likeness (QED) is 0.749. The molecule has 112 valence electrons. The van der Waals surface area contributed by atoms with Crippen LogP contribution >= 0.6 is 0 Å². The molecule has 2 aliphatic rings. The molecule has 1 aromatic heterocycles. The SMILES string of the molecule is CNCc1cn[nH]c1S(=O)(=O)N(CC1CC1)CC1CC1. The van der Waals surface area contributed by atoms with Crippen LogP contribution in [0.5, 0.6) is 0 Å². The Hall–Kier alpha value is -0.920. The van der Waals surface area contributed by atoms with Crippen LogP contribution in [-0.2, 0) is 16.6 Å². The molecule has 0 spiro atoms. The van der Waals surface area contributed by atoms with Gasteiger partial charge in [-0.05, 0) is 44.6 Å². The smallest absolute Gasteiger partial charge is 0.260 e. The topological polar surface area (TPSA) is 78.1 Å². The Kier molecular flexibility index (Phi) is 3.83. The predicted octanol–water partition coefficient (Wildman–Crippen LogP) is 0.940. The molecule has 20 heavy (non-hydrogen) atoms. The lowest BCUT2D eigenvalue weighted by Gasteiger charge is -2.21. The second kappa shape index (κ2) is 5.46. The van der Waals surface area contributed by atoms with E-state index < -0.39 is 10.0 Å². The molecule has 0 saturated heterocycles. The Morgan fingerprint density at radius 2 is 1.90 bits per heavy atom. The molecule has 0 aromatic carbocycles. The molecule has 2 saturated carbocycles. The summed E-state index contributed by atoms with van der Waals surface area (Å²) in [6.45, 7) is 1.83. The van der Waals surface area contributed by atoms with Gasteiger partial charge in [0.25, 0.3) is 10.0 Å². The van der Waals surface area contributed by atoms with Gasteiger partial charge in [0.15, 0.2) is 5.03 Å². The maximum atomic E-state index is 12.8. The number of hydrogen-bond acceptors (Lipinski definition) is 4. The van der Waals surface area contributed by atoms with Crippen LogP contribution in [0, 0.1) is 11.8 Å². The van der Waals surface area contributed by atoms with Crippen LogP contribution < -0.4 is 5.32 Å². The number of sulfonamides is 1. The zero-order valence-corrected chi connectivity index (χ0v) is 12.6. The van der Waals surface area contributed by atoms with Crippen molar-refractivity contribution in [3.8, 4) is 0 Å². The summed E-state index contributed by atoms with van der Waals surface area (Å²) in [5, 5.41) is 9.83. The second-order valence-electron chi connectivity index (χ2n) is 5.96. The largest absolute Gasteiger partial charge is 0.316 e. The summed E-state index contributed by atoms with van der Waals surface area (Å²) in [5.74, 6) is 1.11. The monoisotopic (exact) mass is 298 g/mol. The van der Waals surface area contributed by atoms with Crippen LogP contribution in [0.3, 0.4) is 0 Å². The van der Waals surface area contributed by atoms with Gasteiger partial charge in [-0.2, -0.15) is 9.40 Å². The van der Waals surface area contributed by atoms with E-state index in [0.717, 1.165) is 25.7 Å². The highest BCUT2D eigenvalue weighted by atomic mass is 32.2. The zero-order valence-electron chi connectivity index (χ0n) is 11.8. The first-order chi connectivity index (χ1) is 9.61. The van der Waals surface area contributed by atoms with Crippen LogP contribution in [0.1, 0.15) is 31.2 Å². The van der Waals surface area contributed by atoms with Crippen molar-refractivity contribution in [3.05, 3.63) is 11.8 Å².